The Kier molecular flexibility index (Phi) is 4.70. The van der Waals surface area contributed by atoms with Gasteiger partial charge in [-0.15, -0.1) is 0 Å². The number of carbonyl (C=O) groups is 2. The van der Waals surface area contributed by atoms with Gasteiger partial charge in [0.2, 0.25) is 5.91 Å². The normalized spacial score (nSPS) is 24.7. The van der Waals surface area contributed by atoms with Crippen molar-refractivity contribution >= 4 is 11.9 Å². The molecule has 0 heterocycles. The molecule has 0 aromatic heterocycles. The lowest BCUT2D eigenvalue weighted by Gasteiger charge is -2.24. The fourth-order valence-corrected chi connectivity index (χ4v) is 1.81. The first kappa shape index (κ1) is 13.2. The predicted octanol–water partition coefficient (Wildman–Crippen LogP) is 0.929. The number of hydrogen-bond acceptors (Lipinski definition) is 3. The first-order valence-electron chi connectivity index (χ1n) is 5.61. The molecule has 1 aliphatic rings. The molecule has 0 aromatic carbocycles. The van der Waals surface area contributed by atoms with Crippen molar-refractivity contribution in [3.8, 4) is 6.07 Å². The number of allylic oxidation sites excluding steroid dienone is 2. The monoisotopic (exact) mass is 236 g/mol. The number of carboxylic acid groups (broad SMARTS) is 1. The Morgan fingerprint density at radius 1 is 1.47 bits per heavy atom. The van der Waals surface area contributed by atoms with E-state index >= 15 is 0 Å². The number of amides is 1. The first-order chi connectivity index (χ1) is 8.06. The van der Waals surface area contributed by atoms with E-state index in [4.69, 9.17) is 10.4 Å². The topological polar surface area (TPSA) is 90.2 Å². The average Bonchev–Trinajstić information content (AvgIpc) is 2.35. The highest BCUT2D eigenvalue weighted by Gasteiger charge is 2.33. The van der Waals surface area contributed by atoms with E-state index in [2.05, 4.69) is 5.32 Å². The Hall–Kier alpha value is -1.83. The predicted molar refractivity (Wildman–Crippen MR) is 60.8 cm³/mol. The highest BCUT2D eigenvalue weighted by atomic mass is 16.4. The number of carboxylic acids is 1. The van der Waals surface area contributed by atoms with Gasteiger partial charge in [0, 0.05) is 6.54 Å². The molecule has 0 spiro atoms. The molecule has 0 fully saturated rings. The third-order valence-corrected chi connectivity index (χ3v) is 2.89. The standard InChI is InChI=1S/C12H16N2O3/c1-8(6-13)7-14-11(15)9-4-2-3-5-10(9)12(16)17/h2-3,8-10H,4-5,7H2,1H3,(H,14,15)(H,16,17). The number of nitrogens with one attached hydrogen (secondary N) is 1. The lowest BCUT2D eigenvalue weighted by molar-refractivity contribution is -0.147. The van der Waals surface area contributed by atoms with Crippen molar-refractivity contribution in [3.63, 3.8) is 0 Å². The van der Waals surface area contributed by atoms with Crippen LogP contribution in [0.1, 0.15) is 19.8 Å². The van der Waals surface area contributed by atoms with Gasteiger partial charge in [-0.05, 0) is 19.8 Å². The number of nitriles is 1. The summed E-state index contributed by atoms with van der Waals surface area (Å²) < 4.78 is 0. The van der Waals surface area contributed by atoms with E-state index in [0.717, 1.165) is 0 Å². The van der Waals surface area contributed by atoms with Crippen molar-refractivity contribution in [2.45, 2.75) is 19.8 Å². The Morgan fingerprint density at radius 3 is 2.59 bits per heavy atom. The SMILES string of the molecule is CC(C#N)CNC(=O)C1CC=CCC1C(=O)O. The zero-order valence-corrected chi connectivity index (χ0v) is 9.72. The highest BCUT2D eigenvalue weighted by Crippen LogP contribution is 2.25. The lowest BCUT2D eigenvalue weighted by atomic mass is 9.82. The number of aliphatic carboxylic acids is 1. The molecule has 17 heavy (non-hydrogen) atoms. The summed E-state index contributed by atoms with van der Waals surface area (Å²) in [6, 6.07) is 2.01. The number of hydrogen-bond donors (Lipinski definition) is 2. The van der Waals surface area contributed by atoms with Crippen LogP contribution in [0.25, 0.3) is 0 Å². The van der Waals surface area contributed by atoms with Crippen molar-refractivity contribution in [2.24, 2.45) is 17.8 Å². The molecule has 1 aliphatic carbocycles. The lowest BCUT2D eigenvalue weighted by Crippen LogP contribution is -2.40. The second-order valence-corrected chi connectivity index (χ2v) is 4.27. The second kappa shape index (κ2) is 6.04. The summed E-state index contributed by atoms with van der Waals surface area (Å²) in [7, 11) is 0. The van der Waals surface area contributed by atoms with E-state index in [-0.39, 0.29) is 18.4 Å². The van der Waals surface area contributed by atoms with Crippen LogP contribution in [0, 0.1) is 29.1 Å². The summed E-state index contributed by atoms with van der Waals surface area (Å²) in [5.41, 5.74) is 0. The fourth-order valence-electron chi connectivity index (χ4n) is 1.81. The van der Waals surface area contributed by atoms with Crippen LogP contribution in [0.15, 0.2) is 12.2 Å². The van der Waals surface area contributed by atoms with Gasteiger partial charge in [-0.25, -0.2) is 0 Å². The van der Waals surface area contributed by atoms with Crippen LogP contribution in [-0.2, 0) is 9.59 Å². The van der Waals surface area contributed by atoms with E-state index in [1.165, 1.54) is 0 Å². The zero-order valence-electron chi connectivity index (χ0n) is 9.72. The minimum atomic E-state index is -0.942. The van der Waals surface area contributed by atoms with Gasteiger partial charge in [0.05, 0.1) is 23.8 Å². The van der Waals surface area contributed by atoms with Gasteiger partial charge in [0.15, 0.2) is 0 Å². The van der Waals surface area contributed by atoms with E-state index in [0.29, 0.717) is 12.8 Å². The summed E-state index contributed by atoms with van der Waals surface area (Å²) in [4.78, 5) is 22.8. The first-order valence-corrected chi connectivity index (χ1v) is 5.61. The zero-order chi connectivity index (χ0) is 12.8. The van der Waals surface area contributed by atoms with E-state index in [9.17, 15) is 9.59 Å². The van der Waals surface area contributed by atoms with Crippen LogP contribution in [0.5, 0.6) is 0 Å². The van der Waals surface area contributed by atoms with Crippen molar-refractivity contribution in [2.75, 3.05) is 6.54 Å². The van der Waals surface area contributed by atoms with Crippen LogP contribution in [0.4, 0.5) is 0 Å². The fraction of sp³-hybridized carbons (Fsp3) is 0.583. The van der Waals surface area contributed by atoms with Gasteiger partial charge in [-0.3, -0.25) is 9.59 Å². The Morgan fingerprint density at radius 2 is 2.06 bits per heavy atom. The summed E-state index contributed by atoms with van der Waals surface area (Å²) in [6.45, 7) is 1.97. The number of nitrogens with zero attached hydrogens (tertiary/aromatic N) is 1. The Balaban J connectivity index is 2.58. The highest BCUT2D eigenvalue weighted by molar-refractivity contribution is 5.85. The van der Waals surface area contributed by atoms with Gasteiger partial charge >= 0.3 is 5.97 Å². The molecule has 0 saturated carbocycles. The van der Waals surface area contributed by atoms with Crippen molar-refractivity contribution in [1.29, 1.82) is 5.26 Å². The van der Waals surface area contributed by atoms with E-state index < -0.39 is 17.8 Å². The summed E-state index contributed by atoms with van der Waals surface area (Å²) in [5.74, 6) is -2.66. The molecule has 0 radical (unpaired) electrons. The summed E-state index contributed by atoms with van der Waals surface area (Å²) >= 11 is 0. The van der Waals surface area contributed by atoms with Gasteiger partial charge in [0.25, 0.3) is 0 Å². The van der Waals surface area contributed by atoms with Crippen LogP contribution in [-0.4, -0.2) is 23.5 Å². The summed E-state index contributed by atoms with van der Waals surface area (Å²) in [6.07, 6.45) is 4.46. The van der Waals surface area contributed by atoms with Gasteiger partial charge in [-0.1, -0.05) is 12.2 Å². The van der Waals surface area contributed by atoms with Crippen LogP contribution < -0.4 is 5.32 Å². The average molecular weight is 236 g/mol. The molecule has 3 unspecified atom stereocenters. The molecule has 5 nitrogen and oxygen atoms in total. The van der Waals surface area contributed by atoms with Crippen LogP contribution in [0.3, 0.4) is 0 Å². The number of carbonyl (C=O) groups excluding carboxylic acids is 1. The second-order valence-electron chi connectivity index (χ2n) is 4.27. The molecule has 0 aromatic rings. The maximum atomic E-state index is 11.8. The van der Waals surface area contributed by atoms with Gasteiger partial charge in [-0.2, -0.15) is 5.26 Å². The molecule has 3 atom stereocenters. The van der Waals surface area contributed by atoms with Gasteiger partial charge < -0.3 is 10.4 Å². The minimum absolute atomic E-state index is 0.263. The van der Waals surface area contributed by atoms with E-state index in [1.54, 1.807) is 13.0 Å². The maximum Gasteiger partial charge on any atom is 0.307 e. The quantitative estimate of drug-likeness (QED) is 0.710. The molecular formula is C12H16N2O3. The number of rotatable bonds is 4. The molecule has 1 amide bonds. The van der Waals surface area contributed by atoms with Crippen LogP contribution in [0.2, 0.25) is 0 Å². The largest absolute Gasteiger partial charge is 0.481 e. The molecule has 0 aliphatic heterocycles. The molecule has 1 rings (SSSR count). The molecule has 0 bridgehead atoms. The Labute approximate surface area is 100 Å². The molecule has 0 saturated heterocycles. The minimum Gasteiger partial charge on any atom is -0.481 e. The third kappa shape index (κ3) is 3.59. The molecule has 5 heteroatoms. The van der Waals surface area contributed by atoms with E-state index in [1.807, 2.05) is 12.1 Å². The third-order valence-electron chi connectivity index (χ3n) is 2.89. The molecule has 2 N–H and O–H groups in total. The Bertz CT molecular complexity index is 370. The van der Waals surface area contributed by atoms with Crippen LogP contribution >= 0.6 is 0 Å². The van der Waals surface area contributed by atoms with Gasteiger partial charge in [0.1, 0.15) is 0 Å². The molecule has 92 valence electrons. The smallest absolute Gasteiger partial charge is 0.307 e. The van der Waals surface area contributed by atoms with Crippen molar-refractivity contribution < 1.29 is 14.7 Å². The van der Waals surface area contributed by atoms with Crippen molar-refractivity contribution in [3.05, 3.63) is 12.2 Å². The maximum absolute atomic E-state index is 11.8. The molecular weight excluding hydrogens is 220 g/mol. The summed E-state index contributed by atoms with van der Waals surface area (Å²) in [5, 5.41) is 20.2. The van der Waals surface area contributed by atoms with Crippen molar-refractivity contribution in [1.82, 2.24) is 5.32 Å².